The Morgan fingerprint density at radius 3 is 2.43 bits per heavy atom. The summed E-state index contributed by atoms with van der Waals surface area (Å²) in [6.45, 7) is 6.80. The minimum Gasteiger partial charge on any atom is -0.457 e. The molecule has 184 valence electrons. The predicted octanol–water partition coefficient (Wildman–Crippen LogP) is 7.64. The Morgan fingerprint density at radius 2 is 1.73 bits per heavy atom. The number of carbonyl (C=O) groups is 1. The molecule has 0 N–H and O–H groups in total. The van der Waals surface area contributed by atoms with Crippen molar-refractivity contribution in [3.05, 3.63) is 112 Å². The molecule has 0 spiro atoms. The van der Waals surface area contributed by atoms with Crippen LogP contribution in [0.4, 0.5) is 0 Å². The third kappa shape index (κ3) is 5.17. The number of nitrogens with zero attached hydrogens (tertiary/aromatic N) is 2. The van der Waals surface area contributed by atoms with E-state index in [0.717, 1.165) is 58.1 Å². The van der Waals surface area contributed by atoms with Crippen molar-refractivity contribution in [1.29, 1.82) is 5.26 Å². The van der Waals surface area contributed by atoms with Crippen molar-refractivity contribution in [3.63, 3.8) is 0 Å². The van der Waals surface area contributed by atoms with Gasteiger partial charge in [0, 0.05) is 5.39 Å². The van der Waals surface area contributed by atoms with E-state index in [1.165, 1.54) is 5.56 Å². The normalized spacial score (nSPS) is 14.3. The van der Waals surface area contributed by atoms with E-state index in [0.29, 0.717) is 11.1 Å². The lowest BCUT2D eigenvalue weighted by Gasteiger charge is -2.23. The number of rotatable bonds is 4. The number of carbonyl (C=O) groups excluding carboxylic acids is 1. The zero-order chi connectivity index (χ0) is 26.0. The van der Waals surface area contributed by atoms with Gasteiger partial charge < -0.3 is 4.74 Å². The van der Waals surface area contributed by atoms with Crippen molar-refractivity contribution in [2.24, 2.45) is 0 Å². The van der Waals surface area contributed by atoms with Crippen molar-refractivity contribution in [2.75, 3.05) is 0 Å². The quantitative estimate of drug-likeness (QED) is 0.278. The van der Waals surface area contributed by atoms with Crippen LogP contribution < -0.4 is 0 Å². The molecule has 0 saturated carbocycles. The standard InChI is InChI=1S/C33H30N2O2/c1-33(2,3)26-17-15-22(16-18-26)19-25-7-6-9-28-30(27-8-4-5-10-29(27)35-31(25)28)32(36)37-21-24-13-11-23(20-34)12-14-24/h4-5,8,10-19H,6-7,9,21H2,1-3H3. The summed E-state index contributed by atoms with van der Waals surface area (Å²) >= 11 is 0. The number of hydrogen-bond donors (Lipinski definition) is 0. The van der Waals surface area contributed by atoms with Gasteiger partial charge in [0.2, 0.25) is 0 Å². The molecular formula is C33H30N2O2. The molecule has 3 aromatic carbocycles. The van der Waals surface area contributed by atoms with Gasteiger partial charge in [-0.3, -0.25) is 0 Å². The van der Waals surface area contributed by atoms with E-state index >= 15 is 0 Å². The predicted molar refractivity (Wildman–Crippen MR) is 148 cm³/mol. The summed E-state index contributed by atoms with van der Waals surface area (Å²) in [4.78, 5) is 18.5. The van der Waals surface area contributed by atoms with Crippen LogP contribution in [0.15, 0.2) is 72.8 Å². The topological polar surface area (TPSA) is 63.0 Å². The average Bonchev–Trinajstić information content (AvgIpc) is 2.91. The van der Waals surface area contributed by atoms with Crippen molar-refractivity contribution in [1.82, 2.24) is 4.98 Å². The molecular weight excluding hydrogens is 456 g/mol. The van der Waals surface area contributed by atoms with E-state index in [1.807, 2.05) is 36.4 Å². The Hall–Kier alpha value is -4.23. The van der Waals surface area contributed by atoms with E-state index in [9.17, 15) is 4.79 Å². The van der Waals surface area contributed by atoms with Crippen LogP contribution in [0.2, 0.25) is 0 Å². The molecule has 0 unspecified atom stereocenters. The molecule has 5 rings (SSSR count). The van der Waals surface area contributed by atoms with Crippen molar-refractivity contribution < 1.29 is 9.53 Å². The van der Waals surface area contributed by atoms with Crippen LogP contribution >= 0.6 is 0 Å². The highest BCUT2D eigenvalue weighted by molar-refractivity contribution is 6.06. The van der Waals surface area contributed by atoms with Crippen molar-refractivity contribution >= 4 is 28.5 Å². The fraction of sp³-hybridized carbons (Fsp3) is 0.242. The van der Waals surface area contributed by atoms with Gasteiger partial charge in [-0.1, -0.05) is 75.4 Å². The Bertz CT molecular complexity index is 1530. The van der Waals surface area contributed by atoms with E-state index in [-0.39, 0.29) is 18.0 Å². The number of esters is 1. The molecule has 0 aliphatic heterocycles. The second kappa shape index (κ2) is 10.0. The molecule has 0 fully saturated rings. The number of benzene rings is 3. The van der Waals surface area contributed by atoms with Crippen LogP contribution in [0.5, 0.6) is 0 Å². The number of hydrogen-bond acceptors (Lipinski definition) is 4. The second-order valence-electron chi connectivity index (χ2n) is 10.6. The van der Waals surface area contributed by atoms with E-state index in [2.05, 4.69) is 57.2 Å². The first kappa shape index (κ1) is 24.5. The van der Waals surface area contributed by atoms with Crippen LogP contribution in [-0.4, -0.2) is 11.0 Å². The zero-order valence-electron chi connectivity index (χ0n) is 21.5. The molecule has 0 amide bonds. The fourth-order valence-corrected chi connectivity index (χ4v) is 4.89. The number of pyridine rings is 1. The summed E-state index contributed by atoms with van der Waals surface area (Å²) in [5, 5.41) is 9.84. The Morgan fingerprint density at radius 1 is 1.00 bits per heavy atom. The Balaban J connectivity index is 1.52. The molecule has 4 heteroatoms. The van der Waals surface area contributed by atoms with E-state index < -0.39 is 0 Å². The molecule has 0 saturated heterocycles. The van der Waals surface area contributed by atoms with Crippen LogP contribution in [-0.2, 0) is 23.2 Å². The Labute approximate surface area is 218 Å². The van der Waals surface area contributed by atoms with Gasteiger partial charge in [0.25, 0.3) is 0 Å². The third-order valence-electron chi connectivity index (χ3n) is 6.95. The summed E-state index contributed by atoms with van der Waals surface area (Å²) in [5.41, 5.74) is 8.39. The average molecular weight is 487 g/mol. The number of para-hydroxylation sites is 1. The van der Waals surface area contributed by atoms with Crippen LogP contribution in [0.1, 0.15) is 77.5 Å². The molecule has 1 aliphatic carbocycles. The van der Waals surface area contributed by atoms with Crippen LogP contribution in [0.25, 0.3) is 22.6 Å². The first-order valence-electron chi connectivity index (χ1n) is 12.7. The number of nitriles is 1. The molecule has 4 nitrogen and oxygen atoms in total. The highest BCUT2D eigenvalue weighted by Gasteiger charge is 2.26. The van der Waals surface area contributed by atoms with Crippen molar-refractivity contribution in [2.45, 2.75) is 52.1 Å². The van der Waals surface area contributed by atoms with Gasteiger partial charge in [0.15, 0.2) is 0 Å². The van der Waals surface area contributed by atoms with Gasteiger partial charge in [0.05, 0.1) is 28.4 Å². The van der Waals surface area contributed by atoms with Gasteiger partial charge in [-0.25, -0.2) is 9.78 Å². The maximum atomic E-state index is 13.5. The first-order valence-corrected chi connectivity index (χ1v) is 12.7. The zero-order valence-corrected chi connectivity index (χ0v) is 21.5. The van der Waals surface area contributed by atoms with Gasteiger partial charge in [0.1, 0.15) is 6.61 Å². The Kier molecular flexibility index (Phi) is 6.63. The van der Waals surface area contributed by atoms with Gasteiger partial charge in [-0.05, 0) is 76.8 Å². The number of ether oxygens (including phenoxy) is 1. The third-order valence-corrected chi connectivity index (χ3v) is 6.95. The van der Waals surface area contributed by atoms with Gasteiger partial charge in [-0.2, -0.15) is 5.26 Å². The molecule has 1 aromatic heterocycles. The summed E-state index contributed by atoms with van der Waals surface area (Å²) in [7, 11) is 0. The monoisotopic (exact) mass is 486 g/mol. The number of aromatic nitrogens is 1. The molecule has 0 radical (unpaired) electrons. The fourth-order valence-electron chi connectivity index (χ4n) is 4.89. The maximum Gasteiger partial charge on any atom is 0.339 e. The van der Waals surface area contributed by atoms with Crippen molar-refractivity contribution in [3.8, 4) is 6.07 Å². The molecule has 4 aromatic rings. The maximum absolute atomic E-state index is 13.5. The second-order valence-corrected chi connectivity index (χ2v) is 10.6. The molecule has 1 aliphatic rings. The highest BCUT2D eigenvalue weighted by atomic mass is 16.5. The van der Waals surface area contributed by atoms with Crippen LogP contribution in [0.3, 0.4) is 0 Å². The highest BCUT2D eigenvalue weighted by Crippen LogP contribution is 2.36. The van der Waals surface area contributed by atoms with Crippen LogP contribution in [0, 0.1) is 11.3 Å². The SMILES string of the molecule is CC(C)(C)c1ccc(C=C2CCCc3c2nc2ccccc2c3C(=O)OCc2ccc(C#N)cc2)cc1. The molecule has 0 atom stereocenters. The molecule has 0 bridgehead atoms. The lowest BCUT2D eigenvalue weighted by molar-refractivity contribution is 0.0473. The van der Waals surface area contributed by atoms with Gasteiger partial charge in [-0.15, -0.1) is 0 Å². The smallest absolute Gasteiger partial charge is 0.339 e. The molecule has 1 heterocycles. The minimum atomic E-state index is -0.338. The summed E-state index contributed by atoms with van der Waals surface area (Å²) in [5.74, 6) is -0.338. The first-order chi connectivity index (χ1) is 17.8. The largest absolute Gasteiger partial charge is 0.457 e. The lowest BCUT2D eigenvalue weighted by atomic mass is 9.85. The summed E-state index contributed by atoms with van der Waals surface area (Å²) in [6, 6.07) is 25.7. The van der Waals surface area contributed by atoms with E-state index in [4.69, 9.17) is 15.0 Å². The number of allylic oxidation sites excluding steroid dienone is 1. The number of fused-ring (bicyclic) bond motifs is 2. The lowest BCUT2D eigenvalue weighted by Crippen LogP contribution is -2.15. The minimum absolute atomic E-state index is 0.108. The summed E-state index contributed by atoms with van der Waals surface area (Å²) in [6.07, 6.45) is 4.86. The van der Waals surface area contributed by atoms with E-state index in [1.54, 1.807) is 12.1 Å². The molecule has 37 heavy (non-hydrogen) atoms. The van der Waals surface area contributed by atoms with Gasteiger partial charge >= 0.3 is 5.97 Å². The summed E-state index contributed by atoms with van der Waals surface area (Å²) < 4.78 is 5.79.